The topological polar surface area (TPSA) is 76.3 Å². The molecule has 1 fully saturated rings. The van der Waals surface area contributed by atoms with Crippen molar-refractivity contribution in [3.05, 3.63) is 11.1 Å². The molecule has 0 unspecified atom stereocenters. The van der Waals surface area contributed by atoms with E-state index in [2.05, 4.69) is 16.8 Å². The third kappa shape index (κ3) is 2.75. The molecule has 2 heterocycles. The first-order chi connectivity index (χ1) is 8.72. The zero-order chi connectivity index (χ0) is 13.0. The van der Waals surface area contributed by atoms with Crippen LogP contribution in [0.25, 0.3) is 0 Å². The smallest absolute Gasteiger partial charge is 0.235 e. The third-order valence-corrected chi connectivity index (χ3v) is 3.43. The molecule has 94 valence electrons. The molecule has 2 N–H and O–H groups in total. The Labute approximate surface area is 109 Å². The minimum absolute atomic E-state index is 0.176. The van der Waals surface area contributed by atoms with E-state index >= 15 is 0 Å². The third-order valence-electron chi connectivity index (χ3n) is 2.53. The van der Waals surface area contributed by atoms with Crippen molar-refractivity contribution < 1.29 is 9.59 Å². The Bertz CT molecular complexity index is 509. The highest BCUT2D eigenvalue weighted by Crippen LogP contribution is 2.25. The minimum atomic E-state index is -0.176. The van der Waals surface area contributed by atoms with Gasteiger partial charge in [0.2, 0.25) is 11.8 Å². The fraction of sp³-hybridized carbons (Fsp3) is 0.417. The minimum Gasteiger partial charge on any atom is -0.320 e. The summed E-state index contributed by atoms with van der Waals surface area (Å²) in [6.45, 7) is 0.273. The van der Waals surface area contributed by atoms with Gasteiger partial charge in [-0.25, -0.2) is 9.88 Å². The molecule has 1 saturated heterocycles. The van der Waals surface area contributed by atoms with Crippen LogP contribution in [0.3, 0.4) is 0 Å². The SMILES string of the molecule is NCC#Cc1cnc(N2C(=O)CCCCC2=O)s1. The molecular formula is C12H13N3O2S. The van der Waals surface area contributed by atoms with Gasteiger partial charge in [-0.1, -0.05) is 23.2 Å². The van der Waals surface area contributed by atoms with Gasteiger partial charge in [0.25, 0.3) is 0 Å². The molecule has 0 bridgehead atoms. The summed E-state index contributed by atoms with van der Waals surface area (Å²) in [6, 6.07) is 0. The quantitative estimate of drug-likeness (QED) is 0.603. The van der Waals surface area contributed by atoms with E-state index in [1.807, 2.05) is 0 Å². The van der Waals surface area contributed by atoms with Crippen LogP contribution in [0.1, 0.15) is 30.6 Å². The molecule has 1 aromatic heterocycles. The molecule has 0 saturated carbocycles. The van der Waals surface area contributed by atoms with E-state index in [-0.39, 0.29) is 18.4 Å². The van der Waals surface area contributed by atoms with Gasteiger partial charge >= 0.3 is 0 Å². The number of amides is 2. The number of imide groups is 1. The monoisotopic (exact) mass is 263 g/mol. The predicted octanol–water partition coefficient (Wildman–Crippen LogP) is 0.887. The number of thiazole rings is 1. The zero-order valence-electron chi connectivity index (χ0n) is 9.81. The standard InChI is InChI=1S/C12H13N3O2S/c13-7-3-4-9-8-14-12(18-9)15-10(16)5-1-2-6-11(15)17/h8H,1-2,5-7,13H2. The number of carbonyl (C=O) groups is 2. The predicted molar refractivity (Wildman–Crippen MR) is 69.0 cm³/mol. The fourth-order valence-corrected chi connectivity index (χ4v) is 2.52. The van der Waals surface area contributed by atoms with Crippen LogP contribution in [0.4, 0.5) is 5.13 Å². The normalized spacial score (nSPS) is 16.2. The van der Waals surface area contributed by atoms with Gasteiger partial charge in [0.05, 0.1) is 17.6 Å². The van der Waals surface area contributed by atoms with Crippen LogP contribution in [0.5, 0.6) is 0 Å². The second kappa shape index (κ2) is 5.76. The Hall–Kier alpha value is -1.71. The van der Waals surface area contributed by atoms with Gasteiger partial charge in [0.15, 0.2) is 5.13 Å². The molecule has 0 aliphatic carbocycles. The molecule has 1 aliphatic heterocycles. The highest BCUT2D eigenvalue weighted by atomic mass is 32.1. The number of hydrogen-bond acceptors (Lipinski definition) is 5. The summed E-state index contributed by atoms with van der Waals surface area (Å²) in [5.74, 6) is 5.20. The van der Waals surface area contributed by atoms with E-state index in [9.17, 15) is 9.59 Å². The maximum Gasteiger partial charge on any atom is 0.235 e. The molecule has 6 heteroatoms. The van der Waals surface area contributed by atoms with Crippen LogP contribution in [-0.2, 0) is 9.59 Å². The highest BCUT2D eigenvalue weighted by molar-refractivity contribution is 7.16. The lowest BCUT2D eigenvalue weighted by Gasteiger charge is -2.14. The van der Waals surface area contributed by atoms with Crippen LogP contribution in [0, 0.1) is 11.8 Å². The Morgan fingerprint density at radius 2 is 2.00 bits per heavy atom. The Morgan fingerprint density at radius 1 is 1.33 bits per heavy atom. The molecule has 0 atom stereocenters. The lowest BCUT2D eigenvalue weighted by molar-refractivity contribution is -0.125. The fourth-order valence-electron chi connectivity index (χ4n) is 1.69. The number of aromatic nitrogens is 1. The molecule has 0 spiro atoms. The number of nitrogens with two attached hydrogens (primary N) is 1. The van der Waals surface area contributed by atoms with E-state index < -0.39 is 0 Å². The Kier molecular flexibility index (Phi) is 4.07. The summed E-state index contributed by atoms with van der Waals surface area (Å²) in [4.78, 5) is 29.7. The number of hydrogen-bond donors (Lipinski definition) is 1. The van der Waals surface area contributed by atoms with Crippen molar-refractivity contribution in [2.24, 2.45) is 5.73 Å². The maximum atomic E-state index is 11.9. The number of nitrogens with zero attached hydrogens (tertiary/aromatic N) is 2. The summed E-state index contributed by atoms with van der Waals surface area (Å²) in [5.41, 5.74) is 5.28. The number of rotatable bonds is 1. The molecule has 2 rings (SSSR count). The van der Waals surface area contributed by atoms with Gasteiger partial charge in [0.1, 0.15) is 0 Å². The largest absolute Gasteiger partial charge is 0.320 e. The average Bonchev–Trinajstić information content (AvgIpc) is 2.74. The summed E-state index contributed by atoms with van der Waals surface area (Å²) < 4.78 is 0. The summed E-state index contributed by atoms with van der Waals surface area (Å²) in [5, 5.41) is 0.410. The van der Waals surface area contributed by atoms with Crippen molar-refractivity contribution in [2.45, 2.75) is 25.7 Å². The molecular weight excluding hydrogens is 250 g/mol. The van der Waals surface area contributed by atoms with Gasteiger partial charge in [-0.15, -0.1) is 0 Å². The molecule has 5 nitrogen and oxygen atoms in total. The van der Waals surface area contributed by atoms with Gasteiger partial charge in [-0.05, 0) is 12.8 Å². The summed E-state index contributed by atoms with van der Waals surface area (Å²) >= 11 is 1.24. The highest BCUT2D eigenvalue weighted by Gasteiger charge is 2.27. The first-order valence-corrected chi connectivity index (χ1v) is 6.54. The molecule has 0 aromatic carbocycles. The first-order valence-electron chi connectivity index (χ1n) is 5.73. The van der Waals surface area contributed by atoms with Crippen LogP contribution in [-0.4, -0.2) is 23.3 Å². The van der Waals surface area contributed by atoms with Crippen molar-refractivity contribution in [1.29, 1.82) is 0 Å². The van der Waals surface area contributed by atoms with E-state index in [1.165, 1.54) is 16.2 Å². The molecule has 0 radical (unpaired) electrons. The first kappa shape index (κ1) is 12.7. The van der Waals surface area contributed by atoms with Crippen molar-refractivity contribution in [3.63, 3.8) is 0 Å². The van der Waals surface area contributed by atoms with Gasteiger partial charge in [-0.2, -0.15) is 0 Å². The summed E-state index contributed by atoms with van der Waals surface area (Å²) in [7, 11) is 0. The molecule has 2 amide bonds. The molecule has 1 aliphatic rings. The average molecular weight is 263 g/mol. The van der Waals surface area contributed by atoms with Gasteiger partial charge in [-0.3, -0.25) is 9.59 Å². The second-order valence-electron chi connectivity index (χ2n) is 3.84. The van der Waals surface area contributed by atoms with E-state index in [0.29, 0.717) is 22.9 Å². The van der Waals surface area contributed by atoms with Gasteiger partial charge in [0, 0.05) is 12.8 Å². The maximum absolute atomic E-state index is 11.9. The number of anilines is 1. The number of carbonyl (C=O) groups excluding carboxylic acids is 2. The van der Waals surface area contributed by atoms with Crippen LogP contribution >= 0.6 is 11.3 Å². The van der Waals surface area contributed by atoms with Crippen LogP contribution in [0.15, 0.2) is 6.20 Å². The van der Waals surface area contributed by atoms with Crippen molar-refractivity contribution in [1.82, 2.24) is 4.98 Å². The molecule has 18 heavy (non-hydrogen) atoms. The van der Waals surface area contributed by atoms with Gasteiger partial charge < -0.3 is 5.73 Å². The second-order valence-corrected chi connectivity index (χ2v) is 4.85. The van der Waals surface area contributed by atoms with E-state index in [4.69, 9.17) is 5.73 Å². The zero-order valence-corrected chi connectivity index (χ0v) is 10.6. The Morgan fingerprint density at radius 3 is 2.61 bits per heavy atom. The van der Waals surface area contributed by atoms with Crippen molar-refractivity contribution in [2.75, 3.05) is 11.4 Å². The van der Waals surface area contributed by atoms with Crippen molar-refractivity contribution >= 4 is 28.3 Å². The van der Waals surface area contributed by atoms with E-state index in [1.54, 1.807) is 6.20 Å². The lowest BCUT2D eigenvalue weighted by Crippen LogP contribution is -2.34. The summed E-state index contributed by atoms with van der Waals surface area (Å²) in [6.07, 6.45) is 3.87. The lowest BCUT2D eigenvalue weighted by atomic mass is 10.2. The van der Waals surface area contributed by atoms with Crippen LogP contribution < -0.4 is 10.6 Å². The van der Waals surface area contributed by atoms with Crippen molar-refractivity contribution in [3.8, 4) is 11.8 Å². The molecule has 1 aromatic rings. The van der Waals surface area contributed by atoms with Crippen LogP contribution in [0.2, 0.25) is 0 Å². The van der Waals surface area contributed by atoms with E-state index in [0.717, 1.165) is 12.8 Å². The Balaban J connectivity index is 2.25.